The first-order valence-corrected chi connectivity index (χ1v) is 9.26. The van der Waals surface area contributed by atoms with E-state index in [0.29, 0.717) is 18.1 Å². The van der Waals surface area contributed by atoms with Crippen LogP contribution in [0.2, 0.25) is 0 Å². The smallest absolute Gasteiger partial charge is 0.230 e. The molecule has 1 amide bonds. The van der Waals surface area contributed by atoms with Crippen molar-refractivity contribution in [2.75, 3.05) is 25.5 Å². The van der Waals surface area contributed by atoms with E-state index < -0.39 is 0 Å². The molecule has 1 N–H and O–H groups in total. The van der Waals surface area contributed by atoms with Gasteiger partial charge in [0.25, 0.3) is 0 Å². The summed E-state index contributed by atoms with van der Waals surface area (Å²) in [6.07, 6.45) is 2.88. The third-order valence-corrected chi connectivity index (χ3v) is 5.04. The van der Waals surface area contributed by atoms with E-state index in [2.05, 4.69) is 39.3 Å². The Balaban J connectivity index is 1.51. The van der Waals surface area contributed by atoms with Gasteiger partial charge < -0.3 is 10.2 Å². The van der Waals surface area contributed by atoms with Crippen LogP contribution in [-0.4, -0.2) is 31.5 Å². The molecule has 134 valence electrons. The Morgan fingerprint density at radius 3 is 2.62 bits per heavy atom. The molecule has 3 rings (SSSR count). The van der Waals surface area contributed by atoms with Gasteiger partial charge in [0.2, 0.25) is 11.0 Å². The number of benzene rings is 1. The van der Waals surface area contributed by atoms with E-state index in [1.165, 1.54) is 11.3 Å². The molecule has 2 aromatic rings. The highest BCUT2D eigenvalue weighted by Gasteiger charge is 2.32. The molecular formula is C19H21N5OS. The molecule has 6 nitrogen and oxygen atoms in total. The maximum atomic E-state index is 12.0. The number of hydrogen-bond donors (Lipinski definition) is 1. The molecule has 0 bridgehead atoms. The van der Waals surface area contributed by atoms with Crippen molar-refractivity contribution >= 4 is 33.8 Å². The molecular weight excluding hydrogens is 346 g/mol. The van der Waals surface area contributed by atoms with Crippen LogP contribution in [0.5, 0.6) is 0 Å². The summed E-state index contributed by atoms with van der Waals surface area (Å²) in [5, 5.41) is 11.8. The number of thiazole rings is 1. The van der Waals surface area contributed by atoms with Gasteiger partial charge >= 0.3 is 0 Å². The van der Waals surface area contributed by atoms with Crippen LogP contribution < -0.4 is 10.2 Å². The van der Waals surface area contributed by atoms with Crippen molar-refractivity contribution in [2.24, 2.45) is 15.6 Å². The van der Waals surface area contributed by atoms with E-state index in [-0.39, 0.29) is 11.3 Å². The highest BCUT2D eigenvalue weighted by Crippen LogP contribution is 2.28. The summed E-state index contributed by atoms with van der Waals surface area (Å²) in [4.78, 5) is 19.1. The van der Waals surface area contributed by atoms with Gasteiger partial charge in [-0.25, -0.2) is 4.98 Å². The minimum absolute atomic E-state index is 0.0280. The zero-order valence-electron chi connectivity index (χ0n) is 15.1. The Kier molecular flexibility index (Phi) is 5.33. The average molecular weight is 367 g/mol. The lowest BCUT2D eigenvalue weighted by atomic mass is 10.00. The standard InChI is InChI=1S/C19H21N5OS/c1-4-19(9-10-19)13-21-17(25)11-16-12-20-18(26-16)23-22-14-5-7-15(8-6-14)24(2)3/h5-8,12H,4,11,13H2,1-3H3,(H,21,25). The number of carbonyl (C=O) groups is 1. The number of anilines is 1. The lowest BCUT2D eigenvalue weighted by Gasteiger charge is -2.11. The molecule has 1 aliphatic carbocycles. The van der Waals surface area contributed by atoms with Crippen molar-refractivity contribution in [2.45, 2.75) is 19.8 Å². The molecule has 1 aromatic carbocycles. The Labute approximate surface area is 157 Å². The normalized spacial score (nSPS) is 14.0. The molecule has 0 saturated carbocycles. The molecule has 0 saturated heterocycles. The summed E-state index contributed by atoms with van der Waals surface area (Å²) in [5.74, 6) is 6.09. The van der Waals surface area contributed by atoms with Crippen molar-refractivity contribution in [1.29, 1.82) is 0 Å². The van der Waals surface area contributed by atoms with Gasteiger partial charge in [-0.1, -0.05) is 30.1 Å². The maximum absolute atomic E-state index is 12.0. The van der Waals surface area contributed by atoms with Crippen LogP contribution in [0.3, 0.4) is 0 Å². The van der Waals surface area contributed by atoms with Crippen LogP contribution in [0.15, 0.2) is 40.7 Å². The van der Waals surface area contributed by atoms with Crippen molar-refractivity contribution in [3.05, 3.63) is 35.3 Å². The highest BCUT2D eigenvalue weighted by molar-refractivity contribution is 7.15. The van der Waals surface area contributed by atoms with Crippen LogP contribution in [0.25, 0.3) is 0 Å². The fraction of sp³-hybridized carbons (Fsp3) is 0.368. The van der Waals surface area contributed by atoms with E-state index in [1.807, 2.05) is 43.3 Å². The minimum Gasteiger partial charge on any atom is -0.378 e. The third-order valence-electron chi connectivity index (χ3n) is 4.16. The lowest BCUT2D eigenvalue weighted by Crippen LogP contribution is -2.32. The first-order chi connectivity index (χ1) is 12.5. The van der Waals surface area contributed by atoms with Crippen molar-refractivity contribution in [3.8, 4) is 11.8 Å². The van der Waals surface area contributed by atoms with Crippen LogP contribution in [0.1, 0.15) is 18.2 Å². The number of amides is 1. The van der Waals surface area contributed by atoms with E-state index in [9.17, 15) is 4.79 Å². The number of azo groups is 1. The Bertz CT molecular complexity index is 865. The summed E-state index contributed by atoms with van der Waals surface area (Å²) in [6, 6.07) is 7.78. The Morgan fingerprint density at radius 2 is 2.00 bits per heavy atom. The van der Waals surface area contributed by atoms with E-state index in [0.717, 1.165) is 22.7 Å². The number of aromatic nitrogens is 1. The fourth-order valence-corrected chi connectivity index (χ4v) is 3.02. The summed E-state index contributed by atoms with van der Waals surface area (Å²) in [5.41, 5.74) is 1.73. The molecule has 0 fully saturated rings. The number of carbonyl (C=O) groups excluding carboxylic acids is 1. The summed E-state index contributed by atoms with van der Waals surface area (Å²) in [7, 11) is 3.98. The zero-order valence-corrected chi connectivity index (χ0v) is 15.9. The van der Waals surface area contributed by atoms with Gasteiger partial charge in [-0.15, -0.1) is 10.2 Å². The molecule has 0 aliphatic heterocycles. The van der Waals surface area contributed by atoms with Gasteiger partial charge in [0.15, 0.2) is 0 Å². The molecule has 0 unspecified atom stereocenters. The van der Waals surface area contributed by atoms with Gasteiger partial charge in [0.1, 0.15) is 5.41 Å². The SMILES string of the molecule is CCC1(CNC(=O)Cc2cnc(N=Nc3ccc(N(C)C)cc3)s2)C#C1. The monoisotopic (exact) mass is 367 g/mol. The summed E-state index contributed by atoms with van der Waals surface area (Å²) in [6.45, 7) is 2.63. The molecule has 0 spiro atoms. The van der Waals surface area contributed by atoms with Crippen LogP contribution in [0, 0.1) is 17.3 Å². The zero-order chi connectivity index (χ0) is 18.6. The van der Waals surface area contributed by atoms with Gasteiger partial charge in [-0.2, -0.15) is 0 Å². The van der Waals surface area contributed by atoms with Crippen LogP contribution in [-0.2, 0) is 11.2 Å². The largest absolute Gasteiger partial charge is 0.378 e. The molecule has 0 atom stereocenters. The predicted octanol–water partition coefficient (Wildman–Crippen LogP) is 3.70. The second kappa shape index (κ2) is 7.67. The second-order valence-electron chi connectivity index (χ2n) is 6.36. The number of nitrogens with zero attached hydrogens (tertiary/aromatic N) is 4. The Hall–Kier alpha value is -2.72. The topological polar surface area (TPSA) is 70.0 Å². The first kappa shape index (κ1) is 18.1. The molecule has 0 radical (unpaired) electrons. The van der Waals surface area contributed by atoms with Crippen molar-refractivity contribution < 1.29 is 4.79 Å². The van der Waals surface area contributed by atoms with E-state index in [4.69, 9.17) is 0 Å². The number of hydrogen-bond acceptors (Lipinski definition) is 6. The van der Waals surface area contributed by atoms with Crippen LogP contribution >= 0.6 is 11.3 Å². The minimum atomic E-state index is -0.134. The van der Waals surface area contributed by atoms with Crippen molar-refractivity contribution in [3.63, 3.8) is 0 Å². The Morgan fingerprint density at radius 1 is 1.27 bits per heavy atom. The maximum Gasteiger partial charge on any atom is 0.230 e. The highest BCUT2D eigenvalue weighted by atomic mass is 32.1. The quantitative estimate of drug-likeness (QED) is 0.571. The van der Waals surface area contributed by atoms with Crippen LogP contribution in [0.4, 0.5) is 16.5 Å². The predicted molar refractivity (Wildman–Crippen MR) is 104 cm³/mol. The molecule has 1 aromatic heterocycles. The molecule has 1 aliphatic rings. The molecule has 1 heterocycles. The van der Waals surface area contributed by atoms with Gasteiger partial charge in [0.05, 0.1) is 12.1 Å². The van der Waals surface area contributed by atoms with Gasteiger partial charge in [-0.05, 0) is 30.7 Å². The lowest BCUT2D eigenvalue weighted by molar-refractivity contribution is -0.120. The fourth-order valence-electron chi connectivity index (χ4n) is 2.29. The van der Waals surface area contributed by atoms with E-state index >= 15 is 0 Å². The van der Waals surface area contributed by atoms with Gasteiger partial charge in [-0.3, -0.25) is 4.79 Å². The van der Waals surface area contributed by atoms with Gasteiger partial charge in [0, 0.05) is 37.4 Å². The molecule has 26 heavy (non-hydrogen) atoms. The summed E-state index contributed by atoms with van der Waals surface area (Å²) < 4.78 is 0. The third kappa shape index (κ3) is 4.67. The first-order valence-electron chi connectivity index (χ1n) is 8.44. The summed E-state index contributed by atoms with van der Waals surface area (Å²) >= 11 is 1.37. The van der Waals surface area contributed by atoms with E-state index in [1.54, 1.807) is 6.20 Å². The second-order valence-corrected chi connectivity index (χ2v) is 7.45. The van der Waals surface area contributed by atoms with Crippen molar-refractivity contribution in [1.82, 2.24) is 10.3 Å². The average Bonchev–Trinajstić information content (AvgIpc) is 3.30. The number of nitrogens with one attached hydrogen (secondary N) is 1. The number of rotatable bonds is 8. The molecule has 7 heteroatoms.